The molecule has 0 aliphatic carbocycles. The summed E-state index contributed by atoms with van der Waals surface area (Å²) >= 11 is 1.57. The van der Waals surface area contributed by atoms with Crippen molar-refractivity contribution < 1.29 is 9.53 Å². The average Bonchev–Trinajstić information content (AvgIpc) is 3.06. The van der Waals surface area contributed by atoms with Crippen molar-refractivity contribution >= 4 is 17.2 Å². The van der Waals surface area contributed by atoms with Crippen LogP contribution in [0.3, 0.4) is 0 Å². The molecule has 0 fully saturated rings. The Hall–Kier alpha value is -1.73. The van der Waals surface area contributed by atoms with Crippen LogP contribution >= 0.6 is 11.3 Å². The van der Waals surface area contributed by atoms with Gasteiger partial charge in [-0.15, -0.1) is 11.3 Å². The van der Waals surface area contributed by atoms with Crippen molar-refractivity contribution in [2.45, 2.75) is 33.0 Å². The molecule has 0 aromatic carbocycles. The fourth-order valence-electron chi connectivity index (χ4n) is 1.79. The van der Waals surface area contributed by atoms with Gasteiger partial charge in [-0.25, -0.2) is 9.97 Å². The lowest BCUT2D eigenvalue weighted by Crippen LogP contribution is -2.30. The maximum absolute atomic E-state index is 12.1. The summed E-state index contributed by atoms with van der Waals surface area (Å²) in [5.74, 6) is -0.0379. The minimum Gasteiger partial charge on any atom is -0.378 e. The van der Waals surface area contributed by atoms with Gasteiger partial charge in [0.25, 0.3) is 0 Å². The van der Waals surface area contributed by atoms with E-state index in [1.807, 2.05) is 13.8 Å². The number of rotatable bonds is 6. The number of aryl methyl sites for hydroxylation is 1. The average molecular weight is 294 g/mol. The van der Waals surface area contributed by atoms with Crippen LogP contribution in [0.5, 0.6) is 0 Å². The molecule has 7 heteroatoms. The third-order valence-corrected chi connectivity index (χ3v) is 4.11. The topological polar surface area (TPSA) is 69.0 Å². The van der Waals surface area contributed by atoms with Gasteiger partial charge >= 0.3 is 0 Å². The zero-order valence-corrected chi connectivity index (χ0v) is 12.6. The first kappa shape index (κ1) is 14.7. The number of thiazole rings is 1. The maximum Gasteiger partial charge on any atom is 0.243 e. The van der Waals surface area contributed by atoms with Gasteiger partial charge in [0, 0.05) is 24.4 Å². The summed E-state index contributed by atoms with van der Waals surface area (Å²) in [5, 5.41) is 3.85. The highest BCUT2D eigenvalue weighted by molar-refractivity contribution is 7.11. The summed E-state index contributed by atoms with van der Waals surface area (Å²) in [6.45, 7) is 4.78. The molecule has 2 aromatic heterocycles. The molecule has 0 bridgehead atoms. The second-order valence-electron chi connectivity index (χ2n) is 4.45. The maximum atomic E-state index is 12.1. The monoisotopic (exact) mass is 294 g/mol. The number of hydrogen-bond donors (Lipinski definition) is 1. The summed E-state index contributed by atoms with van der Waals surface area (Å²) < 4.78 is 6.83. The number of hydrogen-bond acceptors (Lipinski definition) is 5. The number of nitrogens with one attached hydrogen (secondary N) is 1. The van der Waals surface area contributed by atoms with Crippen LogP contribution in [0, 0.1) is 6.92 Å². The SMILES string of the molecule is COCc1nc(C)c(CNC(=O)[C@@H](C)n2ccnc2)s1. The summed E-state index contributed by atoms with van der Waals surface area (Å²) in [6.07, 6.45) is 5.08. The molecule has 2 rings (SSSR count). The molecule has 0 aliphatic heterocycles. The highest BCUT2D eigenvalue weighted by Crippen LogP contribution is 2.18. The Balaban J connectivity index is 1.93. The number of methoxy groups -OCH3 is 1. The predicted molar refractivity (Wildman–Crippen MR) is 76.3 cm³/mol. The number of carbonyl (C=O) groups is 1. The third kappa shape index (κ3) is 3.43. The van der Waals surface area contributed by atoms with Crippen LogP contribution < -0.4 is 5.32 Å². The van der Waals surface area contributed by atoms with Crippen LogP contribution in [0.25, 0.3) is 0 Å². The van der Waals surface area contributed by atoms with Gasteiger partial charge in [0.15, 0.2) is 0 Å². The second-order valence-corrected chi connectivity index (χ2v) is 5.62. The number of ether oxygens (including phenoxy) is 1. The molecule has 20 heavy (non-hydrogen) atoms. The molecule has 0 saturated heterocycles. The fraction of sp³-hybridized carbons (Fsp3) is 0.462. The van der Waals surface area contributed by atoms with Crippen molar-refractivity contribution in [3.63, 3.8) is 0 Å². The Morgan fingerprint density at radius 2 is 2.40 bits per heavy atom. The summed E-state index contributed by atoms with van der Waals surface area (Å²) in [5.41, 5.74) is 0.942. The van der Waals surface area contributed by atoms with E-state index in [2.05, 4.69) is 15.3 Å². The molecule has 1 atom stereocenters. The van der Waals surface area contributed by atoms with Crippen molar-refractivity contribution in [3.05, 3.63) is 34.3 Å². The van der Waals surface area contributed by atoms with Crippen molar-refractivity contribution in [2.75, 3.05) is 7.11 Å². The highest BCUT2D eigenvalue weighted by atomic mass is 32.1. The number of amides is 1. The molecule has 108 valence electrons. The minimum absolute atomic E-state index is 0.0379. The van der Waals surface area contributed by atoms with E-state index in [1.54, 1.807) is 41.7 Å². The predicted octanol–water partition coefficient (Wildman–Crippen LogP) is 1.67. The van der Waals surface area contributed by atoms with Crippen LogP contribution in [0.15, 0.2) is 18.7 Å². The van der Waals surface area contributed by atoms with Crippen molar-refractivity contribution in [1.82, 2.24) is 19.9 Å². The number of aromatic nitrogens is 3. The molecular formula is C13H18N4O2S. The van der Waals surface area contributed by atoms with Crippen LogP contribution in [0.2, 0.25) is 0 Å². The quantitative estimate of drug-likeness (QED) is 0.880. The van der Waals surface area contributed by atoms with Crippen LogP contribution in [0.1, 0.15) is 28.5 Å². The lowest BCUT2D eigenvalue weighted by molar-refractivity contribution is -0.124. The lowest BCUT2D eigenvalue weighted by atomic mass is 10.3. The molecule has 0 spiro atoms. The van der Waals surface area contributed by atoms with E-state index < -0.39 is 0 Å². The first-order valence-corrected chi connectivity index (χ1v) is 7.12. The Morgan fingerprint density at radius 3 is 3.05 bits per heavy atom. The van der Waals surface area contributed by atoms with Crippen molar-refractivity contribution in [2.24, 2.45) is 0 Å². The third-order valence-electron chi connectivity index (χ3n) is 2.98. The molecule has 0 radical (unpaired) electrons. The first-order chi connectivity index (χ1) is 9.61. The van der Waals surface area contributed by atoms with E-state index in [-0.39, 0.29) is 11.9 Å². The van der Waals surface area contributed by atoms with Gasteiger partial charge in [-0.05, 0) is 13.8 Å². The van der Waals surface area contributed by atoms with Gasteiger partial charge in [-0.3, -0.25) is 4.79 Å². The minimum atomic E-state index is -0.274. The molecule has 2 heterocycles. The van der Waals surface area contributed by atoms with Crippen LogP contribution in [0.4, 0.5) is 0 Å². The Bertz CT molecular complexity index is 565. The van der Waals surface area contributed by atoms with Crippen molar-refractivity contribution in [3.8, 4) is 0 Å². The van der Waals surface area contributed by atoms with Gasteiger partial charge in [-0.2, -0.15) is 0 Å². The van der Waals surface area contributed by atoms with E-state index in [4.69, 9.17) is 4.74 Å². The van der Waals surface area contributed by atoms with Gasteiger partial charge in [0.1, 0.15) is 11.0 Å². The molecule has 0 saturated carbocycles. The number of nitrogens with zero attached hydrogens (tertiary/aromatic N) is 3. The Labute approximate surface area is 121 Å². The zero-order valence-electron chi connectivity index (χ0n) is 11.8. The van der Waals surface area contributed by atoms with E-state index in [0.29, 0.717) is 13.2 Å². The summed E-state index contributed by atoms with van der Waals surface area (Å²) in [6, 6.07) is -0.274. The molecule has 2 aromatic rings. The Morgan fingerprint density at radius 1 is 1.60 bits per heavy atom. The summed E-state index contributed by atoms with van der Waals surface area (Å²) in [7, 11) is 1.64. The van der Waals surface area contributed by atoms with Crippen LogP contribution in [-0.4, -0.2) is 27.6 Å². The fourth-order valence-corrected chi connectivity index (χ4v) is 2.77. The van der Waals surface area contributed by atoms with E-state index in [9.17, 15) is 4.79 Å². The molecule has 0 aliphatic rings. The molecular weight excluding hydrogens is 276 g/mol. The van der Waals surface area contributed by atoms with Crippen molar-refractivity contribution in [1.29, 1.82) is 0 Å². The molecule has 1 N–H and O–H groups in total. The largest absolute Gasteiger partial charge is 0.378 e. The van der Waals surface area contributed by atoms with Crippen LogP contribution in [-0.2, 0) is 22.7 Å². The molecule has 0 unspecified atom stereocenters. The Kier molecular flexibility index (Phi) is 4.86. The number of carbonyl (C=O) groups excluding carboxylic acids is 1. The standard InChI is InChI=1S/C13H18N4O2S/c1-9-11(20-12(16-9)7-19-3)6-15-13(18)10(2)17-5-4-14-8-17/h4-5,8,10H,6-7H2,1-3H3,(H,15,18)/t10-/m1/s1. The van der Waals surface area contributed by atoms with Gasteiger partial charge in [0.05, 0.1) is 25.2 Å². The lowest BCUT2D eigenvalue weighted by Gasteiger charge is -2.12. The molecule has 6 nitrogen and oxygen atoms in total. The van der Waals surface area contributed by atoms with Gasteiger partial charge in [-0.1, -0.05) is 0 Å². The van der Waals surface area contributed by atoms with E-state index in [0.717, 1.165) is 15.6 Å². The summed E-state index contributed by atoms with van der Waals surface area (Å²) in [4.78, 5) is 21.5. The van der Waals surface area contributed by atoms with E-state index >= 15 is 0 Å². The normalized spacial score (nSPS) is 12.3. The molecule has 1 amide bonds. The zero-order chi connectivity index (χ0) is 14.5. The van der Waals surface area contributed by atoms with Gasteiger partial charge < -0.3 is 14.6 Å². The highest BCUT2D eigenvalue weighted by Gasteiger charge is 2.15. The smallest absolute Gasteiger partial charge is 0.243 e. The van der Waals surface area contributed by atoms with E-state index in [1.165, 1.54) is 0 Å². The van der Waals surface area contributed by atoms with Gasteiger partial charge in [0.2, 0.25) is 5.91 Å². The second kappa shape index (κ2) is 6.62. The number of imidazole rings is 1. The first-order valence-electron chi connectivity index (χ1n) is 6.31.